The summed E-state index contributed by atoms with van der Waals surface area (Å²) in [4.78, 5) is -0.522. The van der Waals surface area contributed by atoms with Crippen LogP contribution >= 0.6 is 27.5 Å². The quantitative estimate of drug-likeness (QED) is 0.737. The van der Waals surface area contributed by atoms with Gasteiger partial charge in [-0.2, -0.15) is 8.42 Å². The molecule has 0 atom stereocenters. The van der Waals surface area contributed by atoms with Crippen molar-refractivity contribution in [2.45, 2.75) is 4.90 Å². The van der Waals surface area contributed by atoms with Crippen LogP contribution in [0, 0.1) is 0 Å². The number of benzene rings is 1. The molecule has 0 aromatic heterocycles. The maximum Gasteiger partial charge on any atom is 0.334 e. The summed E-state index contributed by atoms with van der Waals surface area (Å²) in [5.74, 6) is 0. The van der Waals surface area contributed by atoms with Crippen molar-refractivity contribution in [2.75, 3.05) is 0 Å². The van der Waals surface area contributed by atoms with E-state index in [0.29, 0.717) is 0 Å². The molecule has 0 N–H and O–H groups in total. The predicted molar refractivity (Wildman–Crippen MR) is 47.4 cm³/mol. The van der Waals surface area contributed by atoms with Crippen LogP contribution in [0.25, 0.3) is 0 Å². The molecule has 0 saturated heterocycles. The summed E-state index contributed by atoms with van der Waals surface area (Å²) in [5, 5.41) is -0.133. The first-order valence-electron chi connectivity index (χ1n) is 2.81. The van der Waals surface area contributed by atoms with Crippen LogP contribution in [0.4, 0.5) is 3.89 Å². The van der Waals surface area contributed by atoms with Gasteiger partial charge in [0, 0.05) is 4.47 Å². The molecule has 0 aliphatic heterocycles. The van der Waals surface area contributed by atoms with E-state index in [1.54, 1.807) is 0 Å². The van der Waals surface area contributed by atoms with Crippen LogP contribution in [0.2, 0.25) is 5.02 Å². The number of hydrogen-bond acceptors (Lipinski definition) is 2. The second-order valence-corrected chi connectivity index (χ2v) is 4.53. The van der Waals surface area contributed by atoms with Gasteiger partial charge in [-0.1, -0.05) is 17.7 Å². The van der Waals surface area contributed by atoms with Gasteiger partial charge in [0.1, 0.15) is 4.90 Å². The Morgan fingerprint density at radius 2 is 2.00 bits per heavy atom. The lowest BCUT2D eigenvalue weighted by Crippen LogP contribution is -1.94. The summed E-state index contributed by atoms with van der Waals surface area (Å²) < 4.78 is 33.6. The van der Waals surface area contributed by atoms with Crippen molar-refractivity contribution in [1.29, 1.82) is 0 Å². The average molecular weight is 274 g/mol. The number of rotatable bonds is 1. The summed E-state index contributed by atoms with van der Waals surface area (Å²) in [7, 11) is -4.74. The average Bonchev–Trinajstić information content (AvgIpc) is 1.82. The zero-order valence-electron chi connectivity index (χ0n) is 5.59. The summed E-state index contributed by atoms with van der Waals surface area (Å²) in [6, 6.07) is 4.22. The Balaban J connectivity index is 3.53. The monoisotopic (exact) mass is 272 g/mol. The highest BCUT2D eigenvalue weighted by molar-refractivity contribution is 9.10. The van der Waals surface area contributed by atoms with Crippen molar-refractivity contribution in [3.63, 3.8) is 0 Å². The molecule has 0 spiro atoms. The van der Waals surface area contributed by atoms with Crippen LogP contribution < -0.4 is 0 Å². The molecule has 0 aliphatic carbocycles. The topological polar surface area (TPSA) is 34.1 Å². The van der Waals surface area contributed by atoms with E-state index in [1.807, 2.05) is 0 Å². The lowest BCUT2D eigenvalue weighted by molar-refractivity contribution is 0.551. The summed E-state index contributed by atoms with van der Waals surface area (Å²) in [6.45, 7) is 0. The molecule has 66 valence electrons. The minimum atomic E-state index is -4.74. The molecule has 1 aromatic rings. The second kappa shape index (κ2) is 3.32. The Hall–Kier alpha value is -0.130. The van der Waals surface area contributed by atoms with E-state index in [9.17, 15) is 12.3 Å². The van der Waals surface area contributed by atoms with E-state index in [4.69, 9.17) is 11.6 Å². The molecule has 0 aliphatic rings. The van der Waals surface area contributed by atoms with E-state index in [2.05, 4.69) is 15.9 Å². The highest BCUT2D eigenvalue weighted by Gasteiger charge is 2.19. The summed E-state index contributed by atoms with van der Waals surface area (Å²) >= 11 is 8.34. The van der Waals surface area contributed by atoms with Crippen molar-refractivity contribution < 1.29 is 12.3 Å². The lowest BCUT2D eigenvalue weighted by Gasteiger charge is -2.00. The Kier molecular flexibility index (Phi) is 2.75. The third-order valence-electron chi connectivity index (χ3n) is 1.16. The fourth-order valence-electron chi connectivity index (χ4n) is 0.715. The van der Waals surface area contributed by atoms with Crippen LogP contribution in [-0.4, -0.2) is 8.42 Å². The predicted octanol–water partition coefficient (Wildman–Crippen LogP) is 2.76. The lowest BCUT2D eigenvalue weighted by atomic mass is 10.4. The van der Waals surface area contributed by atoms with Crippen LogP contribution in [0.1, 0.15) is 0 Å². The highest BCUT2D eigenvalue weighted by atomic mass is 79.9. The molecule has 0 radical (unpaired) electrons. The van der Waals surface area contributed by atoms with Gasteiger partial charge in [-0.05, 0) is 28.1 Å². The largest absolute Gasteiger partial charge is 0.334 e. The zero-order chi connectivity index (χ0) is 9.35. The molecule has 1 aromatic carbocycles. The van der Waals surface area contributed by atoms with Gasteiger partial charge in [0.2, 0.25) is 0 Å². The second-order valence-electron chi connectivity index (χ2n) is 1.99. The molecule has 0 fully saturated rings. The molecule has 0 saturated carbocycles. The summed E-state index contributed by atoms with van der Waals surface area (Å²) in [6.07, 6.45) is 0. The molecule has 0 unspecified atom stereocenters. The third-order valence-corrected chi connectivity index (χ3v) is 3.44. The van der Waals surface area contributed by atoms with E-state index < -0.39 is 15.1 Å². The highest BCUT2D eigenvalue weighted by Crippen LogP contribution is 2.30. The van der Waals surface area contributed by atoms with Gasteiger partial charge in [0.25, 0.3) is 0 Å². The first-order valence-corrected chi connectivity index (χ1v) is 5.37. The molecule has 0 amide bonds. The molecule has 2 nitrogen and oxygen atoms in total. The molecule has 0 heterocycles. The van der Waals surface area contributed by atoms with Gasteiger partial charge < -0.3 is 0 Å². The van der Waals surface area contributed by atoms with Crippen molar-refractivity contribution in [1.82, 2.24) is 0 Å². The normalized spacial score (nSPS) is 11.6. The number of hydrogen-bond donors (Lipinski definition) is 0. The Labute approximate surface area is 82.7 Å². The Morgan fingerprint density at radius 3 is 2.33 bits per heavy atom. The van der Waals surface area contributed by atoms with Crippen molar-refractivity contribution >= 4 is 37.8 Å². The van der Waals surface area contributed by atoms with Crippen molar-refractivity contribution in [3.05, 3.63) is 27.7 Å². The number of halogens is 3. The first-order chi connectivity index (χ1) is 5.43. The van der Waals surface area contributed by atoms with Gasteiger partial charge in [0.05, 0.1) is 5.02 Å². The Bertz CT molecular complexity index is 384. The fourth-order valence-corrected chi connectivity index (χ4v) is 2.83. The van der Waals surface area contributed by atoms with Crippen molar-refractivity contribution in [3.8, 4) is 0 Å². The minimum Gasteiger partial charge on any atom is -0.189 e. The smallest absolute Gasteiger partial charge is 0.189 e. The maximum absolute atomic E-state index is 12.5. The van der Waals surface area contributed by atoms with Crippen LogP contribution in [-0.2, 0) is 10.2 Å². The van der Waals surface area contributed by atoms with Crippen molar-refractivity contribution in [2.24, 2.45) is 0 Å². The zero-order valence-corrected chi connectivity index (χ0v) is 8.75. The van der Waals surface area contributed by atoms with Gasteiger partial charge in [0.15, 0.2) is 0 Å². The van der Waals surface area contributed by atoms with E-state index in [-0.39, 0.29) is 9.50 Å². The van der Waals surface area contributed by atoms with E-state index in [1.165, 1.54) is 18.2 Å². The van der Waals surface area contributed by atoms with Crippen LogP contribution in [0.5, 0.6) is 0 Å². The fraction of sp³-hybridized carbons (Fsp3) is 0. The van der Waals surface area contributed by atoms with Crippen LogP contribution in [0.3, 0.4) is 0 Å². The minimum absolute atomic E-state index is 0.123. The van der Waals surface area contributed by atoms with E-state index in [0.717, 1.165) is 0 Å². The SMILES string of the molecule is O=S(=O)(F)c1c(Cl)cccc1Br. The van der Waals surface area contributed by atoms with Gasteiger partial charge in [-0.25, -0.2) is 0 Å². The molecular weight excluding hydrogens is 270 g/mol. The summed E-state index contributed by atoms with van der Waals surface area (Å²) in [5.41, 5.74) is 0. The van der Waals surface area contributed by atoms with E-state index >= 15 is 0 Å². The molecule has 1 rings (SSSR count). The van der Waals surface area contributed by atoms with Gasteiger partial charge in [-0.3, -0.25) is 0 Å². The molecule has 6 heteroatoms. The molecular formula is C6H3BrClFO2S. The standard InChI is InChI=1S/C6H3BrClFO2S/c7-4-2-1-3-5(8)6(4)12(9,10)11/h1-3H. The molecule has 12 heavy (non-hydrogen) atoms. The molecule has 0 bridgehead atoms. The first kappa shape index (κ1) is 9.95. The third kappa shape index (κ3) is 1.97. The van der Waals surface area contributed by atoms with Gasteiger partial charge in [-0.15, -0.1) is 3.89 Å². The Morgan fingerprint density at radius 1 is 1.42 bits per heavy atom. The van der Waals surface area contributed by atoms with Crippen LogP contribution in [0.15, 0.2) is 27.6 Å². The maximum atomic E-state index is 12.5. The van der Waals surface area contributed by atoms with Gasteiger partial charge >= 0.3 is 10.2 Å².